The summed E-state index contributed by atoms with van der Waals surface area (Å²) in [6, 6.07) is 7.74. The Morgan fingerprint density at radius 3 is 2.35 bits per heavy atom. The van der Waals surface area contributed by atoms with Gasteiger partial charge in [-0.1, -0.05) is 0 Å². The minimum atomic E-state index is -3.14. The Labute approximate surface area is 173 Å². The molecule has 31 heavy (non-hydrogen) atoms. The summed E-state index contributed by atoms with van der Waals surface area (Å²) in [6.07, 6.45) is -1.06. The molecule has 1 aromatic heterocycles. The number of carboxylic acid groups (broad SMARTS) is 1. The lowest BCUT2D eigenvalue weighted by Gasteiger charge is -2.13. The summed E-state index contributed by atoms with van der Waals surface area (Å²) in [7, 11) is 0. The molecule has 1 heterocycles. The monoisotopic (exact) mass is 438 g/mol. The number of halogens is 3. The van der Waals surface area contributed by atoms with Gasteiger partial charge in [0.05, 0.1) is 5.69 Å². The van der Waals surface area contributed by atoms with Crippen molar-refractivity contribution in [1.29, 1.82) is 0 Å². The molecular formula is C19H17F3N4O5. The smallest absolute Gasteiger partial charge is 0.355 e. The molecule has 3 rings (SSSR count). The van der Waals surface area contributed by atoms with E-state index in [0.717, 1.165) is 12.1 Å². The zero-order chi connectivity index (χ0) is 22.9. The van der Waals surface area contributed by atoms with Crippen LogP contribution in [0.25, 0.3) is 5.69 Å². The summed E-state index contributed by atoms with van der Waals surface area (Å²) >= 11 is 0. The van der Waals surface area contributed by atoms with Crippen molar-refractivity contribution < 1.29 is 32.5 Å². The molecule has 0 fully saturated rings. The van der Waals surface area contributed by atoms with Gasteiger partial charge in [-0.3, -0.25) is 0 Å². The number of carbonyl (C=O) groups is 1. The highest BCUT2D eigenvalue weighted by molar-refractivity contribution is 5.72. The fourth-order valence-corrected chi connectivity index (χ4v) is 2.63. The van der Waals surface area contributed by atoms with Gasteiger partial charge in [0.25, 0.3) is 0 Å². The second-order valence-electron chi connectivity index (χ2n) is 6.40. The lowest BCUT2D eigenvalue weighted by Crippen LogP contribution is -2.25. The fraction of sp³-hybridized carbons (Fsp3) is 0.211. The van der Waals surface area contributed by atoms with Gasteiger partial charge < -0.3 is 20.3 Å². The van der Waals surface area contributed by atoms with E-state index in [-0.39, 0.29) is 33.3 Å². The molecule has 0 radical (unpaired) electrons. The van der Waals surface area contributed by atoms with Crippen molar-refractivity contribution in [3.63, 3.8) is 0 Å². The number of aromatic nitrogens is 3. The van der Waals surface area contributed by atoms with Gasteiger partial charge >= 0.3 is 18.2 Å². The van der Waals surface area contributed by atoms with E-state index in [1.54, 1.807) is 0 Å². The van der Waals surface area contributed by atoms with E-state index >= 15 is 0 Å². The maximum absolute atomic E-state index is 14.4. The molecule has 12 heteroatoms. The molecule has 3 aromatic rings. The minimum absolute atomic E-state index is 0.0554. The number of nitrogen functional groups attached to an aromatic ring is 1. The second kappa shape index (κ2) is 8.42. The molecule has 3 N–H and O–H groups in total. The highest BCUT2D eigenvalue weighted by Crippen LogP contribution is 2.32. The third kappa shape index (κ3) is 4.47. The van der Waals surface area contributed by atoms with Crippen LogP contribution in [0, 0.1) is 12.7 Å². The number of hydrogen-bond donors (Lipinski definition) is 2. The van der Waals surface area contributed by atoms with Crippen molar-refractivity contribution in [3.05, 3.63) is 58.5 Å². The molecular weight excluding hydrogens is 421 g/mol. The van der Waals surface area contributed by atoms with E-state index < -0.39 is 35.8 Å². The van der Waals surface area contributed by atoms with Crippen molar-refractivity contribution in [2.45, 2.75) is 26.5 Å². The topological polar surface area (TPSA) is 122 Å². The first-order valence-electron chi connectivity index (χ1n) is 8.81. The molecule has 9 nitrogen and oxygen atoms in total. The van der Waals surface area contributed by atoms with E-state index in [2.05, 4.69) is 5.10 Å². The normalized spacial score (nSPS) is 12.1. The zero-order valence-electron chi connectivity index (χ0n) is 16.3. The number of benzene rings is 2. The third-order valence-corrected chi connectivity index (χ3v) is 4.20. The maximum atomic E-state index is 14.4. The van der Waals surface area contributed by atoms with Crippen LogP contribution in [0.5, 0.6) is 17.2 Å². The van der Waals surface area contributed by atoms with E-state index in [1.807, 2.05) is 0 Å². The quantitative estimate of drug-likeness (QED) is 0.544. The van der Waals surface area contributed by atoms with Crippen molar-refractivity contribution in [1.82, 2.24) is 14.3 Å². The van der Waals surface area contributed by atoms with Crippen LogP contribution >= 0.6 is 0 Å². The number of nitrogens with zero attached hydrogens (tertiary/aromatic N) is 3. The predicted octanol–water partition coefficient (Wildman–Crippen LogP) is 3.10. The summed E-state index contributed by atoms with van der Waals surface area (Å²) in [6.45, 7) is -0.587. The molecule has 0 aliphatic rings. The number of hydrogen-bond acceptors (Lipinski definition) is 6. The molecule has 1 atom stereocenters. The first-order chi connectivity index (χ1) is 14.6. The van der Waals surface area contributed by atoms with Crippen molar-refractivity contribution in [3.8, 4) is 22.9 Å². The first-order valence-corrected chi connectivity index (χ1v) is 8.81. The van der Waals surface area contributed by atoms with Crippen LogP contribution in [0.3, 0.4) is 0 Å². The van der Waals surface area contributed by atoms with Crippen molar-refractivity contribution in [2.75, 3.05) is 5.73 Å². The number of carboxylic acids is 1. The number of alkyl halides is 2. The highest BCUT2D eigenvalue weighted by atomic mass is 19.3. The Kier molecular flexibility index (Phi) is 5.90. The average Bonchev–Trinajstić information content (AvgIpc) is 2.99. The van der Waals surface area contributed by atoms with E-state index in [4.69, 9.17) is 20.3 Å². The Morgan fingerprint density at radius 2 is 1.81 bits per heavy atom. The number of anilines is 1. The van der Waals surface area contributed by atoms with Crippen molar-refractivity contribution >= 4 is 11.7 Å². The molecule has 0 saturated heterocycles. The lowest BCUT2D eigenvalue weighted by atomic mass is 10.2. The van der Waals surface area contributed by atoms with Crippen LogP contribution in [0.2, 0.25) is 0 Å². The van der Waals surface area contributed by atoms with Gasteiger partial charge in [-0.2, -0.15) is 13.5 Å². The molecule has 164 valence electrons. The number of nitrogens with two attached hydrogens (primary N) is 1. The van der Waals surface area contributed by atoms with Crippen LogP contribution in [0.4, 0.5) is 18.9 Å². The summed E-state index contributed by atoms with van der Waals surface area (Å²) in [5, 5.41) is 12.5. The Hall–Kier alpha value is -3.96. The lowest BCUT2D eigenvalue weighted by molar-refractivity contribution is -0.144. The average molecular weight is 438 g/mol. The third-order valence-electron chi connectivity index (χ3n) is 4.20. The van der Waals surface area contributed by atoms with Gasteiger partial charge in [0.2, 0.25) is 0 Å². The minimum Gasteiger partial charge on any atom is -0.479 e. The molecule has 2 aromatic carbocycles. The number of ether oxygens (including phenoxy) is 2. The summed E-state index contributed by atoms with van der Waals surface area (Å²) in [5.74, 6) is -1.94. The number of rotatable bonds is 7. The fourth-order valence-electron chi connectivity index (χ4n) is 2.63. The predicted molar refractivity (Wildman–Crippen MR) is 102 cm³/mol. The molecule has 0 aliphatic heterocycles. The summed E-state index contributed by atoms with van der Waals surface area (Å²) in [4.78, 5) is 23.0. The van der Waals surface area contributed by atoms with Gasteiger partial charge in [-0.15, -0.1) is 5.10 Å². The molecule has 0 spiro atoms. The van der Waals surface area contributed by atoms with Crippen LogP contribution in [0.1, 0.15) is 19.3 Å². The van der Waals surface area contributed by atoms with Crippen molar-refractivity contribution in [2.24, 2.45) is 0 Å². The largest absolute Gasteiger partial charge is 0.479 e. The number of aliphatic carboxylic acids is 1. The van der Waals surface area contributed by atoms with Gasteiger partial charge in [-0.25, -0.2) is 18.5 Å². The van der Waals surface area contributed by atoms with Crippen LogP contribution in [-0.2, 0) is 4.79 Å². The molecule has 1 unspecified atom stereocenters. The Bertz CT molecular complexity index is 1170. The SMILES string of the molecule is Cc1nn(-c2cc(Oc3ccc(OC(C)C(=O)O)cc3)c(N)cc2F)c(=O)n1C(F)F. The van der Waals surface area contributed by atoms with Crippen LogP contribution in [-0.4, -0.2) is 31.5 Å². The summed E-state index contributed by atoms with van der Waals surface area (Å²) < 4.78 is 51.9. The molecule has 0 amide bonds. The maximum Gasteiger partial charge on any atom is 0.355 e. The number of aryl methyl sites for hydroxylation is 1. The van der Waals surface area contributed by atoms with E-state index in [0.29, 0.717) is 4.68 Å². The highest BCUT2D eigenvalue weighted by Gasteiger charge is 2.21. The molecule has 0 bridgehead atoms. The molecule has 0 saturated carbocycles. The Morgan fingerprint density at radius 1 is 1.19 bits per heavy atom. The summed E-state index contributed by atoms with van der Waals surface area (Å²) in [5.41, 5.74) is 4.02. The van der Waals surface area contributed by atoms with E-state index in [1.165, 1.54) is 38.1 Å². The van der Waals surface area contributed by atoms with Gasteiger partial charge in [0, 0.05) is 12.1 Å². The van der Waals surface area contributed by atoms with Crippen LogP contribution in [0.15, 0.2) is 41.2 Å². The standard InChI is InChI=1S/C19H17F3N4O5/c1-9(17(27)28)30-11-3-5-12(6-4-11)31-16-8-15(13(20)7-14(16)23)26-19(29)25(18(21)22)10(2)24-26/h3-9,18H,23H2,1-2H3,(H,27,28). The first kappa shape index (κ1) is 21.7. The molecule has 0 aliphatic carbocycles. The van der Waals surface area contributed by atoms with Gasteiger partial charge in [-0.05, 0) is 38.1 Å². The van der Waals surface area contributed by atoms with Gasteiger partial charge in [0.1, 0.15) is 23.0 Å². The van der Waals surface area contributed by atoms with Crippen LogP contribution < -0.4 is 20.9 Å². The zero-order valence-corrected chi connectivity index (χ0v) is 16.3. The van der Waals surface area contributed by atoms with E-state index in [9.17, 15) is 22.8 Å². The Balaban J connectivity index is 1.91. The van der Waals surface area contributed by atoms with Gasteiger partial charge in [0.15, 0.2) is 17.7 Å². The second-order valence-corrected chi connectivity index (χ2v) is 6.40.